The molecule has 2 atom stereocenters. The zero-order valence-corrected chi connectivity index (χ0v) is 13.8. The van der Waals surface area contributed by atoms with Crippen molar-refractivity contribution in [1.29, 1.82) is 0 Å². The van der Waals surface area contributed by atoms with E-state index in [0.717, 1.165) is 19.3 Å². The molecule has 0 N–H and O–H groups in total. The van der Waals surface area contributed by atoms with Crippen molar-refractivity contribution in [1.82, 2.24) is 0 Å². The van der Waals surface area contributed by atoms with Crippen molar-refractivity contribution in [3.05, 3.63) is 0 Å². The van der Waals surface area contributed by atoms with Crippen molar-refractivity contribution in [3.8, 4) is 0 Å². The molecule has 0 spiro atoms. The van der Waals surface area contributed by atoms with E-state index in [0.29, 0.717) is 6.61 Å². The smallest absolute Gasteiger partial charge is 0.314 e. The van der Waals surface area contributed by atoms with Gasteiger partial charge in [-0.05, 0) is 24.7 Å². The number of hydrogen-bond donors (Lipinski definition) is 0. The fourth-order valence-corrected chi connectivity index (χ4v) is 2.96. The highest BCUT2D eigenvalue weighted by atomic mass is 16.5. The predicted octanol–water partition coefficient (Wildman–Crippen LogP) is 4.05. The molecular formula is C16H32O3. The van der Waals surface area contributed by atoms with Crippen LogP contribution in [-0.2, 0) is 14.3 Å². The summed E-state index contributed by atoms with van der Waals surface area (Å²) in [6, 6.07) is 0. The lowest BCUT2D eigenvalue weighted by atomic mass is 9.67. The van der Waals surface area contributed by atoms with Gasteiger partial charge < -0.3 is 9.47 Å². The van der Waals surface area contributed by atoms with Crippen molar-refractivity contribution in [2.75, 3.05) is 13.7 Å². The average molecular weight is 272 g/mol. The molecule has 0 aromatic heterocycles. The van der Waals surface area contributed by atoms with Gasteiger partial charge in [0.05, 0.1) is 18.1 Å². The number of hydrogen-bond acceptors (Lipinski definition) is 3. The summed E-state index contributed by atoms with van der Waals surface area (Å²) in [5, 5.41) is 0. The molecule has 0 aliphatic heterocycles. The first-order valence-corrected chi connectivity index (χ1v) is 7.58. The molecule has 0 aliphatic carbocycles. The molecule has 0 aromatic rings. The van der Waals surface area contributed by atoms with Gasteiger partial charge in [0.15, 0.2) is 0 Å². The van der Waals surface area contributed by atoms with Gasteiger partial charge in [0.1, 0.15) is 0 Å². The number of carbonyl (C=O) groups is 1. The van der Waals surface area contributed by atoms with Gasteiger partial charge in [0.2, 0.25) is 0 Å². The van der Waals surface area contributed by atoms with Gasteiger partial charge in [-0.25, -0.2) is 0 Å². The minimum absolute atomic E-state index is 0.0981. The molecule has 114 valence electrons. The molecule has 0 aromatic carbocycles. The molecule has 0 rings (SSSR count). The third-order valence-corrected chi connectivity index (χ3v) is 4.09. The summed E-state index contributed by atoms with van der Waals surface area (Å²) in [4.78, 5) is 12.6. The lowest BCUT2D eigenvalue weighted by Crippen LogP contribution is -2.50. The Kier molecular flexibility index (Phi) is 8.31. The molecule has 0 saturated carbocycles. The van der Waals surface area contributed by atoms with E-state index >= 15 is 0 Å². The fourth-order valence-electron chi connectivity index (χ4n) is 2.96. The van der Waals surface area contributed by atoms with Crippen molar-refractivity contribution in [2.24, 2.45) is 17.3 Å². The van der Waals surface area contributed by atoms with Gasteiger partial charge in [-0.2, -0.15) is 0 Å². The van der Waals surface area contributed by atoms with E-state index in [1.165, 1.54) is 0 Å². The molecule has 3 heteroatoms. The van der Waals surface area contributed by atoms with Crippen LogP contribution in [0, 0.1) is 17.3 Å². The zero-order chi connectivity index (χ0) is 15.1. The van der Waals surface area contributed by atoms with Gasteiger partial charge in [-0.1, -0.05) is 48.0 Å². The first-order valence-electron chi connectivity index (χ1n) is 7.58. The van der Waals surface area contributed by atoms with Crippen LogP contribution in [0.1, 0.15) is 60.8 Å². The van der Waals surface area contributed by atoms with Gasteiger partial charge in [-0.3, -0.25) is 4.79 Å². The van der Waals surface area contributed by atoms with Crippen LogP contribution < -0.4 is 0 Å². The van der Waals surface area contributed by atoms with Crippen LogP contribution in [0.2, 0.25) is 0 Å². The average Bonchev–Trinajstić information content (AvgIpc) is 2.34. The maximum Gasteiger partial charge on any atom is 0.314 e. The Morgan fingerprint density at radius 3 is 2.05 bits per heavy atom. The first-order chi connectivity index (χ1) is 8.88. The molecule has 0 bridgehead atoms. The summed E-state index contributed by atoms with van der Waals surface area (Å²) in [5.74, 6) is 0.379. The van der Waals surface area contributed by atoms with Gasteiger partial charge in [0, 0.05) is 7.11 Å². The summed E-state index contributed by atoms with van der Waals surface area (Å²) < 4.78 is 11.2. The molecule has 0 aliphatic rings. The second-order valence-corrected chi connectivity index (χ2v) is 5.94. The highest BCUT2D eigenvalue weighted by Gasteiger charge is 2.49. The molecule has 3 nitrogen and oxygen atoms in total. The maximum atomic E-state index is 12.6. The van der Waals surface area contributed by atoms with Crippen LogP contribution in [-0.4, -0.2) is 25.8 Å². The number of methoxy groups -OCH3 is 1. The molecule has 0 amide bonds. The van der Waals surface area contributed by atoms with Crippen LogP contribution in [0.4, 0.5) is 0 Å². The largest absolute Gasteiger partial charge is 0.465 e. The first kappa shape index (κ1) is 18.4. The number of carbonyl (C=O) groups excluding carboxylic acids is 1. The maximum absolute atomic E-state index is 12.6. The molecule has 0 radical (unpaired) electrons. The summed E-state index contributed by atoms with van der Waals surface area (Å²) in [7, 11) is 1.69. The molecule has 19 heavy (non-hydrogen) atoms. The minimum atomic E-state index is -0.545. The summed E-state index contributed by atoms with van der Waals surface area (Å²) in [5.41, 5.74) is -0.545. The van der Waals surface area contributed by atoms with Gasteiger partial charge in [0.25, 0.3) is 0 Å². The Hall–Kier alpha value is -0.570. The van der Waals surface area contributed by atoms with E-state index < -0.39 is 5.41 Å². The number of rotatable bonds is 9. The van der Waals surface area contributed by atoms with Crippen LogP contribution in [0.15, 0.2) is 0 Å². The van der Waals surface area contributed by atoms with Crippen LogP contribution in [0.3, 0.4) is 0 Å². The zero-order valence-electron chi connectivity index (χ0n) is 13.8. The van der Waals surface area contributed by atoms with E-state index in [9.17, 15) is 4.79 Å². The molecule has 2 unspecified atom stereocenters. The van der Waals surface area contributed by atoms with Gasteiger partial charge >= 0.3 is 5.97 Å². The second-order valence-electron chi connectivity index (χ2n) is 5.94. The van der Waals surface area contributed by atoms with Crippen LogP contribution >= 0.6 is 0 Å². The Balaban J connectivity index is 5.20. The Morgan fingerprint density at radius 1 is 1.16 bits per heavy atom. The Morgan fingerprint density at radius 2 is 1.74 bits per heavy atom. The van der Waals surface area contributed by atoms with Gasteiger partial charge in [-0.15, -0.1) is 0 Å². The van der Waals surface area contributed by atoms with E-state index in [1.807, 2.05) is 0 Å². The standard InChI is InChI=1S/C16H32O3/c1-8-10-11-19-15(17)16(9-2,13(5)6)14(18-7)12(3)4/h12-14H,8-11H2,1-7H3. The van der Waals surface area contributed by atoms with Crippen LogP contribution in [0.25, 0.3) is 0 Å². The van der Waals surface area contributed by atoms with Crippen molar-refractivity contribution >= 4 is 5.97 Å². The van der Waals surface area contributed by atoms with Crippen molar-refractivity contribution in [3.63, 3.8) is 0 Å². The number of ether oxygens (including phenoxy) is 2. The minimum Gasteiger partial charge on any atom is -0.465 e. The topological polar surface area (TPSA) is 35.5 Å². The summed E-state index contributed by atoms with van der Waals surface area (Å²) in [6.45, 7) is 13.0. The third-order valence-electron chi connectivity index (χ3n) is 4.09. The second kappa shape index (κ2) is 8.57. The number of unbranched alkanes of at least 4 members (excludes halogenated alkanes) is 1. The highest BCUT2D eigenvalue weighted by Crippen LogP contribution is 2.41. The molecular weight excluding hydrogens is 240 g/mol. The molecule has 0 fully saturated rings. The van der Waals surface area contributed by atoms with E-state index in [4.69, 9.17) is 9.47 Å². The number of esters is 1. The van der Waals surface area contributed by atoms with E-state index in [1.54, 1.807) is 7.11 Å². The Bertz CT molecular complexity index is 261. The monoisotopic (exact) mass is 272 g/mol. The van der Waals surface area contributed by atoms with Crippen molar-refractivity contribution < 1.29 is 14.3 Å². The normalized spacial score (nSPS) is 16.5. The van der Waals surface area contributed by atoms with Crippen molar-refractivity contribution in [2.45, 2.75) is 66.9 Å². The lowest BCUT2D eigenvalue weighted by Gasteiger charge is -2.42. The Labute approximate surface area is 119 Å². The molecule has 0 heterocycles. The fraction of sp³-hybridized carbons (Fsp3) is 0.938. The van der Waals surface area contributed by atoms with Crippen LogP contribution in [0.5, 0.6) is 0 Å². The molecule has 0 saturated heterocycles. The van der Waals surface area contributed by atoms with E-state index in [-0.39, 0.29) is 23.9 Å². The van der Waals surface area contributed by atoms with E-state index in [2.05, 4.69) is 41.5 Å². The quantitative estimate of drug-likeness (QED) is 0.469. The summed E-state index contributed by atoms with van der Waals surface area (Å²) >= 11 is 0. The lowest BCUT2D eigenvalue weighted by molar-refractivity contribution is -0.175. The third kappa shape index (κ3) is 4.20. The highest BCUT2D eigenvalue weighted by molar-refractivity contribution is 5.78. The SMILES string of the molecule is CCCCOC(=O)C(CC)(C(C)C)C(OC)C(C)C. The predicted molar refractivity (Wildman–Crippen MR) is 79.1 cm³/mol. The summed E-state index contributed by atoms with van der Waals surface area (Å²) in [6.07, 6.45) is 2.59.